The van der Waals surface area contributed by atoms with Crippen molar-refractivity contribution in [2.75, 3.05) is 0 Å². The van der Waals surface area contributed by atoms with Crippen molar-refractivity contribution in [3.05, 3.63) is 51.8 Å². The Kier molecular flexibility index (Phi) is 3.40. The molecule has 1 aliphatic carbocycles. The average molecular weight is 269 g/mol. The third-order valence-corrected chi connectivity index (χ3v) is 3.64. The van der Waals surface area contributed by atoms with Gasteiger partial charge >= 0.3 is 0 Å². The highest BCUT2D eigenvalue weighted by Gasteiger charge is 2.20. The summed E-state index contributed by atoms with van der Waals surface area (Å²) in [7, 11) is 1.71. The monoisotopic (exact) mass is 269 g/mol. The molecular formula is C16H19N3O. The fourth-order valence-electron chi connectivity index (χ4n) is 2.20. The maximum absolute atomic E-state index is 12.1. The molecule has 0 atom stereocenters. The first-order valence-corrected chi connectivity index (χ1v) is 7.01. The first-order chi connectivity index (χ1) is 9.63. The molecule has 20 heavy (non-hydrogen) atoms. The Morgan fingerprint density at radius 1 is 1.30 bits per heavy atom. The summed E-state index contributed by atoms with van der Waals surface area (Å²) in [5.74, 6) is 0. The third-order valence-electron chi connectivity index (χ3n) is 3.64. The lowest BCUT2D eigenvalue weighted by atomic mass is 10.1. The first-order valence-electron chi connectivity index (χ1n) is 7.01. The van der Waals surface area contributed by atoms with Gasteiger partial charge in [-0.3, -0.25) is 4.79 Å². The summed E-state index contributed by atoms with van der Waals surface area (Å²) in [6.45, 7) is 2.68. The van der Waals surface area contributed by atoms with Gasteiger partial charge in [0.1, 0.15) is 0 Å². The summed E-state index contributed by atoms with van der Waals surface area (Å²) >= 11 is 0. The summed E-state index contributed by atoms with van der Waals surface area (Å²) in [5, 5.41) is 7.74. The van der Waals surface area contributed by atoms with Crippen molar-refractivity contribution in [2.24, 2.45) is 7.05 Å². The minimum atomic E-state index is -0.0194. The molecule has 1 N–H and O–H groups in total. The molecular weight excluding hydrogens is 250 g/mol. The van der Waals surface area contributed by atoms with Gasteiger partial charge in [0.25, 0.3) is 5.56 Å². The Labute approximate surface area is 118 Å². The highest BCUT2D eigenvalue weighted by Crippen LogP contribution is 2.20. The Balaban J connectivity index is 1.94. The normalized spacial score (nSPS) is 14.5. The highest BCUT2D eigenvalue weighted by atomic mass is 16.1. The van der Waals surface area contributed by atoms with Crippen LogP contribution in [0.1, 0.15) is 24.0 Å². The molecule has 1 aromatic heterocycles. The molecule has 0 amide bonds. The molecule has 1 aromatic carbocycles. The number of nitrogens with zero attached hydrogens (tertiary/aromatic N) is 2. The average Bonchev–Trinajstić information content (AvgIpc) is 3.25. The van der Waals surface area contributed by atoms with E-state index in [1.807, 2.05) is 18.2 Å². The van der Waals surface area contributed by atoms with Crippen LogP contribution in [0.2, 0.25) is 0 Å². The molecule has 0 radical (unpaired) electrons. The van der Waals surface area contributed by atoms with E-state index in [4.69, 9.17) is 0 Å². The summed E-state index contributed by atoms with van der Waals surface area (Å²) in [6.07, 6.45) is 2.44. The molecule has 0 saturated heterocycles. The molecule has 0 spiro atoms. The maximum atomic E-state index is 12.1. The van der Waals surface area contributed by atoms with Gasteiger partial charge in [-0.2, -0.15) is 5.10 Å². The first kappa shape index (κ1) is 13.1. The van der Waals surface area contributed by atoms with Crippen LogP contribution >= 0.6 is 0 Å². The van der Waals surface area contributed by atoms with Crippen LogP contribution in [0.4, 0.5) is 0 Å². The minimum Gasteiger partial charge on any atom is -0.310 e. The van der Waals surface area contributed by atoms with Crippen LogP contribution in [-0.2, 0) is 13.6 Å². The number of hydrogen-bond acceptors (Lipinski definition) is 3. The van der Waals surface area contributed by atoms with Gasteiger partial charge in [0, 0.05) is 30.8 Å². The molecule has 1 saturated carbocycles. The van der Waals surface area contributed by atoms with Crippen molar-refractivity contribution >= 4 is 0 Å². The van der Waals surface area contributed by atoms with Crippen molar-refractivity contribution in [1.29, 1.82) is 0 Å². The highest BCUT2D eigenvalue weighted by molar-refractivity contribution is 5.59. The SMILES string of the molecule is Cc1ccc(-c2cc(CNC3CC3)c(=O)n(C)n2)cc1. The molecule has 1 fully saturated rings. The third kappa shape index (κ3) is 2.80. The van der Waals surface area contributed by atoms with E-state index in [0.29, 0.717) is 12.6 Å². The fraction of sp³-hybridized carbons (Fsp3) is 0.375. The van der Waals surface area contributed by atoms with Gasteiger partial charge in [-0.1, -0.05) is 29.8 Å². The molecule has 0 bridgehead atoms. The second kappa shape index (κ2) is 5.21. The van der Waals surface area contributed by atoms with E-state index in [0.717, 1.165) is 16.8 Å². The Hall–Kier alpha value is -1.94. The second-order valence-electron chi connectivity index (χ2n) is 5.50. The molecule has 3 rings (SSSR count). The van der Waals surface area contributed by atoms with E-state index in [1.165, 1.54) is 23.1 Å². The smallest absolute Gasteiger partial charge is 0.271 e. The minimum absolute atomic E-state index is 0.0194. The number of aryl methyl sites for hydroxylation is 2. The van der Waals surface area contributed by atoms with Crippen LogP contribution in [0.15, 0.2) is 35.1 Å². The lowest BCUT2D eigenvalue weighted by molar-refractivity contribution is 0.648. The van der Waals surface area contributed by atoms with Crippen LogP contribution in [0.25, 0.3) is 11.3 Å². The van der Waals surface area contributed by atoms with E-state index in [-0.39, 0.29) is 5.56 Å². The molecule has 0 aliphatic heterocycles. The van der Waals surface area contributed by atoms with Gasteiger partial charge in [0.2, 0.25) is 0 Å². The van der Waals surface area contributed by atoms with E-state index in [1.54, 1.807) is 7.05 Å². The van der Waals surface area contributed by atoms with E-state index < -0.39 is 0 Å². The summed E-state index contributed by atoms with van der Waals surface area (Å²) in [4.78, 5) is 12.1. The van der Waals surface area contributed by atoms with Crippen molar-refractivity contribution in [2.45, 2.75) is 32.4 Å². The standard InChI is InChI=1S/C16H19N3O/c1-11-3-5-12(6-4-11)15-9-13(10-17-14-7-8-14)16(20)19(2)18-15/h3-6,9,14,17H,7-8,10H2,1-2H3. The Morgan fingerprint density at radius 2 is 2.00 bits per heavy atom. The van der Waals surface area contributed by atoms with Crippen molar-refractivity contribution in [3.8, 4) is 11.3 Å². The number of rotatable bonds is 4. The van der Waals surface area contributed by atoms with Crippen LogP contribution in [0.5, 0.6) is 0 Å². The second-order valence-corrected chi connectivity index (χ2v) is 5.50. The van der Waals surface area contributed by atoms with Crippen LogP contribution in [0.3, 0.4) is 0 Å². The quantitative estimate of drug-likeness (QED) is 0.923. The maximum Gasteiger partial charge on any atom is 0.271 e. The van der Waals surface area contributed by atoms with Crippen molar-refractivity contribution in [1.82, 2.24) is 15.1 Å². The molecule has 0 unspecified atom stereocenters. The summed E-state index contributed by atoms with van der Waals surface area (Å²) in [5.41, 5.74) is 3.87. The number of nitrogens with one attached hydrogen (secondary N) is 1. The van der Waals surface area contributed by atoms with Gasteiger partial charge in [0.15, 0.2) is 0 Å². The van der Waals surface area contributed by atoms with Gasteiger partial charge in [-0.15, -0.1) is 0 Å². The van der Waals surface area contributed by atoms with Crippen molar-refractivity contribution in [3.63, 3.8) is 0 Å². The zero-order valence-corrected chi connectivity index (χ0v) is 11.9. The van der Waals surface area contributed by atoms with E-state index >= 15 is 0 Å². The van der Waals surface area contributed by atoms with Crippen LogP contribution < -0.4 is 10.9 Å². The molecule has 2 aromatic rings. The van der Waals surface area contributed by atoms with Gasteiger partial charge in [0.05, 0.1) is 5.69 Å². The summed E-state index contributed by atoms with van der Waals surface area (Å²) in [6, 6.07) is 10.7. The fourth-order valence-corrected chi connectivity index (χ4v) is 2.20. The van der Waals surface area contributed by atoms with Gasteiger partial charge in [-0.05, 0) is 25.8 Å². The zero-order valence-electron chi connectivity index (χ0n) is 11.9. The van der Waals surface area contributed by atoms with Gasteiger partial charge < -0.3 is 5.32 Å². The largest absolute Gasteiger partial charge is 0.310 e. The summed E-state index contributed by atoms with van der Waals surface area (Å²) < 4.78 is 1.43. The Bertz CT molecular complexity index is 669. The van der Waals surface area contributed by atoms with Gasteiger partial charge in [-0.25, -0.2) is 4.68 Å². The number of hydrogen-bond donors (Lipinski definition) is 1. The van der Waals surface area contributed by atoms with E-state index in [9.17, 15) is 4.79 Å². The number of benzene rings is 1. The van der Waals surface area contributed by atoms with E-state index in [2.05, 4.69) is 29.5 Å². The zero-order chi connectivity index (χ0) is 14.1. The van der Waals surface area contributed by atoms with Crippen LogP contribution in [-0.4, -0.2) is 15.8 Å². The lowest BCUT2D eigenvalue weighted by Gasteiger charge is -2.08. The molecule has 1 aliphatic rings. The Morgan fingerprint density at radius 3 is 2.65 bits per heavy atom. The number of aromatic nitrogens is 2. The lowest BCUT2D eigenvalue weighted by Crippen LogP contribution is -2.28. The molecule has 104 valence electrons. The molecule has 4 heteroatoms. The molecule has 4 nitrogen and oxygen atoms in total. The van der Waals surface area contributed by atoms with Crippen molar-refractivity contribution < 1.29 is 0 Å². The predicted octanol–water partition coefficient (Wildman–Crippen LogP) is 2.01. The molecule has 1 heterocycles. The van der Waals surface area contributed by atoms with Crippen LogP contribution in [0, 0.1) is 6.92 Å². The topological polar surface area (TPSA) is 46.9 Å². The predicted molar refractivity (Wildman–Crippen MR) is 79.5 cm³/mol.